The first-order valence-corrected chi connectivity index (χ1v) is 6.23. The fourth-order valence-electron chi connectivity index (χ4n) is 1.72. The number of ether oxygens (including phenoxy) is 1. The van der Waals surface area contributed by atoms with E-state index in [1.54, 1.807) is 31.5 Å². The van der Waals surface area contributed by atoms with E-state index in [0.717, 1.165) is 12.1 Å². The lowest BCUT2D eigenvalue weighted by atomic mass is 10.1. The molecule has 2 rings (SSSR count). The summed E-state index contributed by atoms with van der Waals surface area (Å²) in [7, 11) is 1.57. The second-order valence-corrected chi connectivity index (χ2v) is 4.20. The molecule has 0 aromatic heterocycles. The Morgan fingerprint density at radius 3 is 2.47 bits per heavy atom. The van der Waals surface area contributed by atoms with E-state index in [-0.39, 0.29) is 5.75 Å². The van der Waals surface area contributed by atoms with Gasteiger partial charge in [-0.3, -0.25) is 4.99 Å². The normalized spacial score (nSPS) is 10.8. The number of aromatic hydroxyl groups is 1. The Balaban J connectivity index is 2.17. The highest BCUT2D eigenvalue weighted by Gasteiger charge is 2.00. The van der Waals surface area contributed by atoms with Gasteiger partial charge in [0.2, 0.25) is 0 Å². The Bertz CT molecular complexity index is 574. The molecule has 0 atom stereocenters. The van der Waals surface area contributed by atoms with Crippen molar-refractivity contribution < 1.29 is 9.84 Å². The second-order valence-electron chi connectivity index (χ2n) is 4.20. The molecule has 0 radical (unpaired) electrons. The minimum Gasteiger partial charge on any atom is -0.507 e. The first kappa shape index (κ1) is 13.1. The summed E-state index contributed by atoms with van der Waals surface area (Å²) in [5.41, 5.74) is 2.82. The summed E-state index contributed by atoms with van der Waals surface area (Å²) in [5.74, 6) is 0.787. The third-order valence-electron chi connectivity index (χ3n) is 2.93. The molecular formula is C16H17NO2. The molecule has 1 N–H and O–H groups in total. The fourth-order valence-corrected chi connectivity index (χ4v) is 1.72. The van der Waals surface area contributed by atoms with Crippen LogP contribution in [0.1, 0.15) is 18.1 Å². The molecule has 0 saturated carbocycles. The van der Waals surface area contributed by atoms with Crippen LogP contribution in [0.15, 0.2) is 47.5 Å². The Labute approximate surface area is 113 Å². The van der Waals surface area contributed by atoms with Crippen molar-refractivity contribution in [3.05, 3.63) is 53.6 Å². The lowest BCUT2D eigenvalue weighted by Crippen LogP contribution is -1.86. The quantitative estimate of drug-likeness (QED) is 0.846. The summed E-state index contributed by atoms with van der Waals surface area (Å²) >= 11 is 0. The summed E-state index contributed by atoms with van der Waals surface area (Å²) < 4.78 is 5.03. The Morgan fingerprint density at radius 2 is 1.89 bits per heavy atom. The SMILES string of the molecule is CCc1ccc(N=Cc2ccc(OC)cc2O)cc1. The van der Waals surface area contributed by atoms with Gasteiger partial charge in [-0.25, -0.2) is 0 Å². The van der Waals surface area contributed by atoms with Gasteiger partial charge in [-0.05, 0) is 36.2 Å². The van der Waals surface area contributed by atoms with Gasteiger partial charge in [-0.1, -0.05) is 19.1 Å². The number of hydrogen-bond donors (Lipinski definition) is 1. The van der Waals surface area contributed by atoms with E-state index in [0.29, 0.717) is 11.3 Å². The zero-order valence-corrected chi connectivity index (χ0v) is 11.1. The predicted molar refractivity (Wildman–Crippen MR) is 77.7 cm³/mol. The number of hydrogen-bond acceptors (Lipinski definition) is 3. The van der Waals surface area contributed by atoms with Crippen LogP contribution in [0.25, 0.3) is 0 Å². The largest absolute Gasteiger partial charge is 0.507 e. The van der Waals surface area contributed by atoms with Crippen LogP contribution >= 0.6 is 0 Å². The molecule has 0 heterocycles. The zero-order chi connectivity index (χ0) is 13.7. The molecule has 0 saturated heterocycles. The second kappa shape index (κ2) is 6.05. The van der Waals surface area contributed by atoms with Crippen LogP contribution in [0.2, 0.25) is 0 Å². The average Bonchev–Trinajstić information content (AvgIpc) is 2.46. The molecule has 3 nitrogen and oxygen atoms in total. The van der Waals surface area contributed by atoms with E-state index in [1.807, 2.05) is 12.1 Å². The van der Waals surface area contributed by atoms with Crippen LogP contribution in [0.3, 0.4) is 0 Å². The van der Waals surface area contributed by atoms with Crippen LogP contribution in [-0.4, -0.2) is 18.4 Å². The number of aliphatic imine (C=N–C) groups is 1. The van der Waals surface area contributed by atoms with Crippen molar-refractivity contribution in [2.24, 2.45) is 4.99 Å². The molecule has 2 aromatic carbocycles. The Morgan fingerprint density at radius 1 is 1.16 bits per heavy atom. The van der Waals surface area contributed by atoms with E-state index in [2.05, 4.69) is 24.0 Å². The van der Waals surface area contributed by atoms with Gasteiger partial charge in [0.05, 0.1) is 12.8 Å². The third-order valence-corrected chi connectivity index (χ3v) is 2.93. The molecule has 0 aliphatic carbocycles. The van der Waals surface area contributed by atoms with E-state index < -0.39 is 0 Å². The molecule has 3 heteroatoms. The molecule has 0 fully saturated rings. The van der Waals surface area contributed by atoms with Crippen LogP contribution in [0, 0.1) is 0 Å². The maximum Gasteiger partial charge on any atom is 0.128 e. The topological polar surface area (TPSA) is 41.8 Å². The number of aryl methyl sites for hydroxylation is 1. The van der Waals surface area contributed by atoms with Crippen molar-refractivity contribution in [2.75, 3.05) is 7.11 Å². The number of methoxy groups -OCH3 is 1. The summed E-state index contributed by atoms with van der Waals surface area (Å²) in [6.07, 6.45) is 2.67. The van der Waals surface area contributed by atoms with Gasteiger partial charge in [0.25, 0.3) is 0 Å². The molecule has 0 spiro atoms. The number of phenolic OH excluding ortho intramolecular Hbond substituents is 1. The maximum absolute atomic E-state index is 9.81. The highest BCUT2D eigenvalue weighted by Crippen LogP contribution is 2.22. The van der Waals surface area contributed by atoms with E-state index in [9.17, 15) is 5.11 Å². The van der Waals surface area contributed by atoms with Gasteiger partial charge in [0, 0.05) is 17.8 Å². The molecule has 2 aromatic rings. The first-order chi connectivity index (χ1) is 9.22. The van der Waals surface area contributed by atoms with Crippen LogP contribution in [-0.2, 0) is 6.42 Å². The summed E-state index contributed by atoms with van der Waals surface area (Å²) in [5, 5.41) is 9.81. The number of benzene rings is 2. The fraction of sp³-hybridized carbons (Fsp3) is 0.188. The summed E-state index contributed by atoms with van der Waals surface area (Å²) in [4.78, 5) is 4.34. The van der Waals surface area contributed by atoms with Crippen molar-refractivity contribution >= 4 is 11.9 Å². The molecule has 19 heavy (non-hydrogen) atoms. The monoisotopic (exact) mass is 255 g/mol. The summed E-state index contributed by atoms with van der Waals surface area (Å²) in [6.45, 7) is 2.12. The number of rotatable bonds is 4. The summed E-state index contributed by atoms with van der Waals surface area (Å²) in [6, 6.07) is 13.2. The average molecular weight is 255 g/mol. The smallest absolute Gasteiger partial charge is 0.128 e. The zero-order valence-electron chi connectivity index (χ0n) is 11.1. The lowest BCUT2D eigenvalue weighted by Gasteiger charge is -2.02. The number of phenols is 1. The third kappa shape index (κ3) is 3.35. The van der Waals surface area contributed by atoms with Crippen molar-refractivity contribution in [1.29, 1.82) is 0 Å². The minimum atomic E-state index is 0.160. The van der Waals surface area contributed by atoms with E-state index in [4.69, 9.17) is 4.74 Å². The van der Waals surface area contributed by atoms with Gasteiger partial charge in [0.1, 0.15) is 11.5 Å². The van der Waals surface area contributed by atoms with Crippen molar-refractivity contribution in [2.45, 2.75) is 13.3 Å². The minimum absolute atomic E-state index is 0.160. The van der Waals surface area contributed by atoms with Crippen molar-refractivity contribution in [3.8, 4) is 11.5 Å². The Hall–Kier alpha value is -2.29. The highest BCUT2D eigenvalue weighted by molar-refractivity contribution is 5.85. The van der Waals surface area contributed by atoms with Crippen molar-refractivity contribution in [1.82, 2.24) is 0 Å². The van der Waals surface area contributed by atoms with Gasteiger partial charge in [-0.15, -0.1) is 0 Å². The van der Waals surface area contributed by atoms with Crippen LogP contribution in [0.5, 0.6) is 11.5 Å². The molecule has 0 aliphatic heterocycles. The molecule has 0 aliphatic rings. The van der Waals surface area contributed by atoms with Crippen LogP contribution in [0.4, 0.5) is 5.69 Å². The molecule has 0 amide bonds. The van der Waals surface area contributed by atoms with Gasteiger partial charge in [0.15, 0.2) is 0 Å². The number of nitrogens with zero attached hydrogens (tertiary/aromatic N) is 1. The van der Waals surface area contributed by atoms with Crippen molar-refractivity contribution in [3.63, 3.8) is 0 Å². The van der Waals surface area contributed by atoms with Gasteiger partial charge < -0.3 is 9.84 Å². The van der Waals surface area contributed by atoms with E-state index >= 15 is 0 Å². The van der Waals surface area contributed by atoms with Crippen LogP contribution < -0.4 is 4.74 Å². The predicted octanol–water partition coefficient (Wildman–Crippen LogP) is 3.71. The molecule has 0 bridgehead atoms. The maximum atomic E-state index is 9.81. The van der Waals surface area contributed by atoms with E-state index in [1.165, 1.54) is 5.56 Å². The molecular weight excluding hydrogens is 238 g/mol. The Kier molecular flexibility index (Phi) is 4.18. The van der Waals surface area contributed by atoms with Gasteiger partial charge >= 0.3 is 0 Å². The standard InChI is InChI=1S/C16H17NO2/c1-3-12-4-7-14(8-5-12)17-11-13-6-9-15(19-2)10-16(13)18/h4-11,18H,3H2,1-2H3. The van der Waals surface area contributed by atoms with Gasteiger partial charge in [-0.2, -0.15) is 0 Å². The molecule has 98 valence electrons. The first-order valence-electron chi connectivity index (χ1n) is 6.23. The lowest BCUT2D eigenvalue weighted by molar-refractivity contribution is 0.407. The molecule has 0 unspecified atom stereocenters. The highest BCUT2D eigenvalue weighted by atomic mass is 16.5.